The number of carbonyl (C=O) groups excluding carboxylic acids is 1. The van der Waals surface area contributed by atoms with E-state index in [9.17, 15) is 4.79 Å². The molecule has 96 valence electrons. The number of ether oxygens (including phenoxy) is 2. The summed E-state index contributed by atoms with van der Waals surface area (Å²) in [5.41, 5.74) is 1.15. The van der Waals surface area contributed by atoms with Gasteiger partial charge in [0.15, 0.2) is 0 Å². The van der Waals surface area contributed by atoms with Crippen molar-refractivity contribution in [3.05, 3.63) is 36.5 Å². The fraction of sp³-hybridized carbons (Fsp3) is 0.500. The molecule has 0 aliphatic rings. The van der Waals surface area contributed by atoms with E-state index in [4.69, 9.17) is 9.47 Å². The number of methoxy groups -OCH3 is 1. The minimum atomic E-state index is -0.380. The highest BCUT2D eigenvalue weighted by Crippen LogP contribution is 2.07. The summed E-state index contributed by atoms with van der Waals surface area (Å²) in [5.74, 6) is -0.380. The first kappa shape index (κ1) is 15.7. The predicted molar refractivity (Wildman–Crippen MR) is 69.8 cm³/mol. The van der Waals surface area contributed by atoms with Gasteiger partial charge in [0, 0.05) is 19.6 Å². The zero-order valence-electron chi connectivity index (χ0n) is 10.9. The van der Waals surface area contributed by atoms with Crippen LogP contribution in [0.25, 0.3) is 0 Å². The first-order valence-corrected chi connectivity index (χ1v) is 5.83. The third-order valence-corrected chi connectivity index (χ3v) is 2.22. The lowest BCUT2D eigenvalue weighted by Gasteiger charge is -2.05. The summed E-state index contributed by atoms with van der Waals surface area (Å²) < 4.78 is 10.1. The molecule has 0 saturated heterocycles. The number of hydrogen-bond donors (Lipinski definition) is 0. The van der Waals surface area contributed by atoms with E-state index in [1.165, 1.54) is 6.08 Å². The second-order valence-electron chi connectivity index (χ2n) is 3.61. The van der Waals surface area contributed by atoms with Gasteiger partial charge in [-0.15, -0.1) is 0 Å². The lowest BCUT2D eigenvalue weighted by molar-refractivity contribution is -0.137. The lowest BCUT2D eigenvalue weighted by Crippen LogP contribution is -2.03. The highest BCUT2D eigenvalue weighted by Gasteiger charge is 1.98. The Bertz CT molecular complexity index is 290. The number of esters is 1. The van der Waals surface area contributed by atoms with Crippen LogP contribution in [0.15, 0.2) is 36.5 Å². The molecular weight excluding hydrogens is 216 g/mol. The van der Waals surface area contributed by atoms with Crippen molar-refractivity contribution in [3.63, 3.8) is 0 Å². The average molecular weight is 238 g/mol. The minimum absolute atomic E-state index is 0.0889. The van der Waals surface area contributed by atoms with Crippen LogP contribution in [0.5, 0.6) is 0 Å². The SMILES string of the molecule is C=CC(=O)OCCC(/C=C\C(C)OC)=C/CC. The summed E-state index contributed by atoms with van der Waals surface area (Å²) in [7, 11) is 1.67. The van der Waals surface area contributed by atoms with Gasteiger partial charge < -0.3 is 9.47 Å². The molecule has 0 saturated carbocycles. The molecule has 3 nitrogen and oxygen atoms in total. The molecule has 0 aromatic heterocycles. The summed E-state index contributed by atoms with van der Waals surface area (Å²) in [6.07, 6.45) is 9.03. The highest BCUT2D eigenvalue weighted by molar-refractivity contribution is 5.81. The second-order valence-corrected chi connectivity index (χ2v) is 3.61. The molecule has 17 heavy (non-hydrogen) atoms. The summed E-state index contributed by atoms with van der Waals surface area (Å²) in [4.78, 5) is 10.9. The van der Waals surface area contributed by atoms with Gasteiger partial charge in [0.25, 0.3) is 0 Å². The fourth-order valence-corrected chi connectivity index (χ4v) is 1.18. The molecule has 0 aromatic rings. The van der Waals surface area contributed by atoms with Crippen molar-refractivity contribution < 1.29 is 14.3 Å². The smallest absolute Gasteiger partial charge is 0.330 e. The van der Waals surface area contributed by atoms with Gasteiger partial charge in [-0.1, -0.05) is 31.7 Å². The molecule has 0 aliphatic carbocycles. The minimum Gasteiger partial charge on any atom is -0.462 e. The maximum Gasteiger partial charge on any atom is 0.330 e. The molecule has 1 unspecified atom stereocenters. The number of rotatable bonds is 8. The predicted octanol–water partition coefficient (Wildman–Crippen LogP) is 3.03. The van der Waals surface area contributed by atoms with Gasteiger partial charge in [-0.05, 0) is 18.9 Å². The Morgan fingerprint density at radius 3 is 2.71 bits per heavy atom. The quantitative estimate of drug-likeness (QED) is 0.370. The van der Waals surface area contributed by atoms with E-state index in [1.807, 2.05) is 19.1 Å². The normalized spacial score (nSPS) is 13.7. The first-order chi connectivity index (χ1) is 8.13. The van der Waals surface area contributed by atoms with Gasteiger partial charge in [0.05, 0.1) is 12.7 Å². The summed E-state index contributed by atoms with van der Waals surface area (Å²) >= 11 is 0. The van der Waals surface area contributed by atoms with E-state index in [0.717, 1.165) is 12.0 Å². The summed E-state index contributed by atoms with van der Waals surface area (Å²) in [6.45, 7) is 7.77. The molecule has 0 amide bonds. The van der Waals surface area contributed by atoms with Crippen LogP contribution >= 0.6 is 0 Å². The Morgan fingerprint density at radius 1 is 1.47 bits per heavy atom. The summed E-state index contributed by atoms with van der Waals surface area (Å²) in [5, 5.41) is 0. The van der Waals surface area contributed by atoms with Crippen LogP contribution in [-0.4, -0.2) is 25.8 Å². The standard InChI is InChI=1S/C14H22O3/c1-5-7-13(9-8-12(3)16-4)10-11-17-14(15)6-2/h6-9,12H,2,5,10-11H2,1,3-4H3/b9-8-,13-7+. The molecule has 0 N–H and O–H groups in total. The highest BCUT2D eigenvalue weighted by atomic mass is 16.5. The van der Waals surface area contributed by atoms with Crippen molar-refractivity contribution in [3.8, 4) is 0 Å². The topological polar surface area (TPSA) is 35.5 Å². The molecule has 0 aliphatic heterocycles. The third-order valence-electron chi connectivity index (χ3n) is 2.22. The van der Waals surface area contributed by atoms with Crippen LogP contribution < -0.4 is 0 Å². The van der Waals surface area contributed by atoms with Crippen LogP contribution in [0.2, 0.25) is 0 Å². The molecule has 0 heterocycles. The van der Waals surface area contributed by atoms with Crippen molar-refractivity contribution in [2.75, 3.05) is 13.7 Å². The van der Waals surface area contributed by atoms with E-state index in [2.05, 4.69) is 19.6 Å². The van der Waals surface area contributed by atoms with E-state index in [-0.39, 0.29) is 12.1 Å². The van der Waals surface area contributed by atoms with Crippen LogP contribution in [0, 0.1) is 0 Å². The molecule has 3 heteroatoms. The molecular formula is C14H22O3. The molecule has 1 atom stereocenters. The summed E-state index contributed by atoms with van der Waals surface area (Å²) in [6, 6.07) is 0. The molecule has 0 rings (SSSR count). The monoisotopic (exact) mass is 238 g/mol. The van der Waals surface area contributed by atoms with Crippen LogP contribution in [0.4, 0.5) is 0 Å². The third kappa shape index (κ3) is 8.46. The zero-order valence-corrected chi connectivity index (χ0v) is 10.9. The van der Waals surface area contributed by atoms with Crippen LogP contribution in [0.1, 0.15) is 26.7 Å². The van der Waals surface area contributed by atoms with Crippen molar-refractivity contribution in [2.45, 2.75) is 32.8 Å². The molecule has 0 radical (unpaired) electrons. The number of allylic oxidation sites excluding steroid dienone is 2. The fourth-order valence-electron chi connectivity index (χ4n) is 1.18. The van der Waals surface area contributed by atoms with Crippen molar-refractivity contribution in [1.82, 2.24) is 0 Å². The maximum absolute atomic E-state index is 10.9. The lowest BCUT2D eigenvalue weighted by atomic mass is 10.1. The Kier molecular flexibility index (Phi) is 9.06. The number of hydrogen-bond acceptors (Lipinski definition) is 3. The van der Waals surface area contributed by atoms with Gasteiger partial charge in [0.1, 0.15) is 0 Å². The molecule has 0 fully saturated rings. The first-order valence-electron chi connectivity index (χ1n) is 5.83. The largest absolute Gasteiger partial charge is 0.462 e. The second kappa shape index (κ2) is 9.85. The Labute approximate surface area is 104 Å². The van der Waals surface area contributed by atoms with E-state index >= 15 is 0 Å². The molecule has 0 spiro atoms. The van der Waals surface area contributed by atoms with Gasteiger partial charge >= 0.3 is 5.97 Å². The van der Waals surface area contributed by atoms with Gasteiger partial charge in [0.2, 0.25) is 0 Å². The zero-order chi connectivity index (χ0) is 13.1. The van der Waals surface area contributed by atoms with Gasteiger partial charge in [-0.25, -0.2) is 4.79 Å². The van der Waals surface area contributed by atoms with E-state index in [0.29, 0.717) is 13.0 Å². The van der Waals surface area contributed by atoms with E-state index in [1.54, 1.807) is 7.11 Å². The maximum atomic E-state index is 10.9. The Morgan fingerprint density at radius 2 is 2.18 bits per heavy atom. The van der Waals surface area contributed by atoms with Crippen LogP contribution in [-0.2, 0) is 14.3 Å². The Balaban J connectivity index is 4.17. The van der Waals surface area contributed by atoms with Gasteiger partial charge in [-0.2, -0.15) is 0 Å². The molecule has 0 aromatic carbocycles. The van der Waals surface area contributed by atoms with Gasteiger partial charge in [-0.3, -0.25) is 0 Å². The molecule has 0 bridgehead atoms. The average Bonchev–Trinajstić information content (AvgIpc) is 2.35. The van der Waals surface area contributed by atoms with Crippen molar-refractivity contribution in [1.29, 1.82) is 0 Å². The van der Waals surface area contributed by atoms with Crippen LogP contribution in [0.3, 0.4) is 0 Å². The van der Waals surface area contributed by atoms with Crippen molar-refractivity contribution >= 4 is 5.97 Å². The number of carbonyl (C=O) groups is 1. The Hall–Kier alpha value is -1.35. The van der Waals surface area contributed by atoms with Crippen molar-refractivity contribution in [2.24, 2.45) is 0 Å². The van der Waals surface area contributed by atoms with E-state index < -0.39 is 0 Å².